The van der Waals surface area contributed by atoms with Gasteiger partial charge < -0.3 is 25.0 Å². The predicted octanol–water partition coefficient (Wildman–Crippen LogP) is 1.96. The molecule has 2 fully saturated rings. The molecule has 0 unspecified atom stereocenters. The van der Waals surface area contributed by atoms with E-state index in [1.807, 2.05) is 11.8 Å². The molecule has 174 valence electrons. The van der Waals surface area contributed by atoms with Gasteiger partial charge in [-0.15, -0.1) is 0 Å². The highest BCUT2D eigenvalue weighted by atomic mass is 19.1. The van der Waals surface area contributed by atoms with Crippen LogP contribution in [-0.4, -0.2) is 72.2 Å². The number of carbonyl (C=O) groups excluding carboxylic acids is 2. The highest BCUT2D eigenvalue weighted by Crippen LogP contribution is 2.37. The van der Waals surface area contributed by atoms with Crippen LogP contribution in [0.15, 0.2) is 18.2 Å². The lowest BCUT2D eigenvalue weighted by Crippen LogP contribution is -2.50. The van der Waals surface area contributed by atoms with Crippen molar-refractivity contribution in [2.45, 2.75) is 50.9 Å². The molecule has 1 aromatic heterocycles. The summed E-state index contributed by atoms with van der Waals surface area (Å²) in [6, 6.07) is 4.50. The second kappa shape index (κ2) is 9.83. The van der Waals surface area contributed by atoms with E-state index in [0.717, 1.165) is 30.5 Å². The predicted molar refractivity (Wildman–Crippen MR) is 116 cm³/mol. The lowest BCUT2D eigenvalue weighted by atomic mass is 10.1. The number of nitrogens with one attached hydrogen (secondary N) is 2. The molecule has 2 amide bonds. The van der Waals surface area contributed by atoms with Gasteiger partial charge in [0.05, 0.1) is 31.0 Å². The van der Waals surface area contributed by atoms with Crippen molar-refractivity contribution >= 4 is 22.9 Å². The van der Waals surface area contributed by atoms with E-state index >= 15 is 0 Å². The molecule has 4 rings (SSSR count). The monoisotopic (exact) mass is 447 g/mol. The minimum atomic E-state index is -0.498. The molecule has 2 aromatic rings. The van der Waals surface area contributed by atoms with Crippen LogP contribution in [0.1, 0.15) is 37.9 Å². The molecule has 32 heavy (non-hydrogen) atoms. The summed E-state index contributed by atoms with van der Waals surface area (Å²) in [6.45, 7) is 4.63. The number of benzene rings is 1. The van der Waals surface area contributed by atoms with Crippen molar-refractivity contribution in [3.05, 3.63) is 29.7 Å². The number of aryl methyl sites for hydroxylation is 1. The molecule has 1 saturated heterocycles. The maximum atomic E-state index is 14.0. The topological polar surface area (TPSA) is 97.7 Å². The zero-order valence-electron chi connectivity index (χ0n) is 18.5. The highest BCUT2D eigenvalue weighted by Gasteiger charge is 2.41. The van der Waals surface area contributed by atoms with E-state index in [0.29, 0.717) is 38.2 Å². The molecule has 2 aliphatic rings. The lowest BCUT2D eigenvalue weighted by molar-refractivity contribution is -0.148. The van der Waals surface area contributed by atoms with Gasteiger partial charge in [-0.3, -0.25) is 9.48 Å². The minimum absolute atomic E-state index is 0.0284. The Bertz CT molecular complexity index is 971. The van der Waals surface area contributed by atoms with Crippen molar-refractivity contribution in [3.8, 4) is 0 Å². The molecule has 1 saturated carbocycles. The first-order valence-electron chi connectivity index (χ1n) is 11.1. The molecule has 0 bridgehead atoms. The van der Waals surface area contributed by atoms with Gasteiger partial charge in [-0.25, -0.2) is 9.18 Å². The van der Waals surface area contributed by atoms with Gasteiger partial charge in [0, 0.05) is 37.6 Å². The van der Waals surface area contributed by atoms with Crippen LogP contribution >= 0.6 is 0 Å². The summed E-state index contributed by atoms with van der Waals surface area (Å²) in [5, 5.41) is 11.5. The summed E-state index contributed by atoms with van der Waals surface area (Å²) in [5.41, 5.74) is 1.41. The van der Waals surface area contributed by atoms with Gasteiger partial charge in [0.2, 0.25) is 0 Å². The van der Waals surface area contributed by atoms with Gasteiger partial charge in [0.1, 0.15) is 11.9 Å². The average molecular weight is 448 g/mol. The highest BCUT2D eigenvalue weighted by molar-refractivity contribution is 5.85. The Morgan fingerprint density at radius 1 is 1.44 bits per heavy atom. The van der Waals surface area contributed by atoms with Crippen LogP contribution in [0.2, 0.25) is 0 Å². The Morgan fingerprint density at radius 2 is 2.25 bits per heavy atom. The van der Waals surface area contributed by atoms with E-state index in [-0.39, 0.29) is 23.8 Å². The second-order valence-electron chi connectivity index (χ2n) is 8.26. The number of ether oxygens (including phenoxy) is 2. The SMILES string of the molecule is COC(=O)NCCCn1nc([C@@H](C)N(C(=O)[C@H]2CNCCO2)C2CC2)c2ccc(F)cc21. The number of hydrogen-bond donors (Lipinski definition) is 2. The molecule has 1 aliphatic carbocycles. The number of alkyl carbamates (subject to hydrolysis) is 1. The molecule has 10 heteroatoms. The Hall–Kier alpha value is -2.72. The third kappa shape index (κ3) is 4.86. The fourth-order valence-electron chi connectivity index (χ4n) is 4.21. The van der Waals surface area contributed by atoms with E-state index in [1.54, 1.807) is 10.7 Å². The molecular weight excluding hydrogens is 417 g/mol. The first kappa shape index (κ1) is 22.5. The number of halogens is 1. The Balaban J connectivity index is 1.57. The van der Waals surface area contributed by atoms with Crippen molar-refractivity contribution in [2.24, 2.45) is 0 Å². The third-order valence-electron chi connectivity index (χ3n) is 5.95. The normalized spacial score (nSPS) is 19.5. The van der Waals surface area contributed by atoms with Crippen LogP contribution < -0.4 is 10.6 Å². The molecule has 1 aliphatic heterocycles. The number of amides is 2. The van der Waals surface area contributed by atoms with Crippen molar-refractivity contribution in [3.63, 3.8) is 0 Å². The Kier molecular flexibility index (Phi) is 6.90. The van der Waals surface area contributed by atoms with E-state index < -0.39 is 12.2 Å². The largest absolute Gasteiger partial charge is 0.453 e. The smallest absolute Gasteiger partial charge is 0.406 e. The van der Waals surface area contributed by atoms with Crippen LogP contribution in [0.5, 0.6) is 0 Å². The van der Waals surface area contributed by atoms with Crippen molar-refractivity contribution in [1.82, 2.24) is 25.3 Å². The average Bonchev–Trinajstić information content (AvgIpc) is 3.58. The second-order valence-corrected chi connectivity index (χ2v) is 8.26. The van der Waals surface area contributed by atoms with Crippen molar-refractivity contribution < 1.29 is 23.5 Å². The van der Waals surface area contributed by atoms with Gasteiger partial charge in [-0.05, 0) is 44.4 Å². The molecule has 1 aromatic carbocycles. The number of morpholine rings is 1. The fraction of sp³-hybridized carbons (Fsp3) is 0.591. The number of rotatable bonds is 8. The van der Waals surface area contributed by atoms with Crippen LogP contribution in [0, 0.1) is 5.82 Å². The number of hydrogen-bond acceptors (Lipinski definition) is 6. The summed E-state index contributed by atoms with van der Waals surface area (Å²) in [5.74, 6) is -0.373. The van der Waals surface area contributed by atoms with E-state index in [2.05, 4.69) is 15.4 Å². The summed E-state index contributed by atoms with van der Waals surface area (Å²) in [7, 11) is 1.31. The van der Waals surface area contributed by atoms with Crippen molar-refractivity contribution in [1.29, 1.82) is 0 Å². The zero-order chi connectivity index (χ0) is 22.7. The number of carbonyl (C=O) groups is 2. The Labute approximate surface area is 186 Å². The molecule has 9 nitrogen and oxygen atoms in total. The maximum Gasteiger partial charge on any atom is 0.406 e. The maximum absolute atomic E-state index is 14.0. The zero-order valence-corrected chi connectivity index (χ0v) is 18.5. The number of aromatic nitrogens is 2. The van der Waals surface area contributed by atoms with Crippen LogP contribution in [0.3, 0.4) is 0 Å². The van der Waals surface area contributed by atoms with Crippen LogP contribution in [0.4, 0.5) is 9.18 Å². The Morgan fingerprint density at radius 3 is 2.94 bits per heavy atom. The van der Waals surface area contributed by atoms with E-state index in [4.69, 9.17) is 9.84 Å². The summed E-state index contributed by atoms with van der Waals surface area (Å²) in [6.07, 6.45) is 1.53. The summed E-state index contributed by atoms with van der Waals surface area (Å²) in [4.78, 5) is 26.5. The minimum Gasteiger partial charge on any atom is -0.453 e. The fourth-order valence-corrected chi connectivity index (χ4v) is 4.21. The molecule has 2 N–H and O–H groups in total. The molecule has 0 spiro atoms. The quantitative estimate of drug-likeness (QED) is 0.601. The lowest BCUT2D eigenvalue weighted by Gasteiger charge is -2.33. The first-order valence-corrected chi connectivity index (χ1v) is 11.1. The number of fused-ring (bicyclic) bond motifs is 1. The summed E-state index contributed by atoms with van der Waals surface area (Å²) < 4.78 is 26.1. The number of nitrogens with zero attached hydrogens (tertiary/aromatic N) is 3. The molecule has 2 atom stereocenters. The molecule has 0 radical (unpaired) electrons. The van der Waals surface area contributed by atoms with Gasteiger partial charge in [0.25, 0.3) is 5.91 Å². The van der Waals surface area contributed by atoms with Gasteiger partial charge in [-0.1, -0.05) is 0 Å². The summed E-state index contributed by atoms with van der Waals surface area (Å²) >= 11 is 0. The first-order chi connectivity index (χ1) is 15.5. The van der Waals surface area contributed by atoms with Crippen LogP contribution in [0.25, 0.3) is 10.9 Å². The number of methoxy groups -OCH3 is 1. The van der Waals surface area contributed by atoms with E-state index in [9.17, 15) is 14.0 Å². The van der Waals surface area contributed by atoms with Crippen molar-refractivity contribution in [2.75, 3.05) is 33.4 Å². The van der Waals surface area contributed by atoms with Gasteiger partial charge in [0.15, 0.2) is 0 Å². The molecule has 2 heterocycles. The molecular formula is C22H30FN5O4. The van der Waals surface area contributed by atoms with Gasteiger partial charge in [-0.2, -0.15) is 5.10 Å². The third-order valence-corrected chi connectivity index (χ3v) is 5.95. The standard InChI is InChI=1S/C22H30FN5O4/c1-14(28(16-5-6-16)21(29)19-13-24-9-11-32-19)20-17-7-4-15(23)12-18(17)27(26-20)10-3-8-25-22(30)31-2/h4,7,12,14,16,19,24H,3,5-6,8-11,13H2,1-2H3,(H,25,30)/t14-,19-/m1/s1. The van der Waals surface area contributed by atoms with E-state index in [1.165, 1.54) is 19.2 Å². The van der Waals surface area contributed by atoms with Crippen LogP contribution in [-0.2, 0) is 20.8 Å². The van der Waals surface area contributed by atoms with Gasteiger partial charge >= 0.3 is 6.09 Å².